The lowest BCUT2D eigenvalue weighted by Crippen LogP contribution is -2.25. The number of aliphatic hydroxyl groups is 1. The van der Waals surface area contributed by atoms with Crippen LogP contribution < -0.4 is 0 Å². The van der Waals surface area contributed by atoms with Crippen LogP contribution in [0.3, 0.4) is 0 Å². The van der Waals surface area contributed by atoms with Crippen LogP contribution in [0.1, 0.15) is 52.4 Å². The standard InChI is InChI=1S/C13H25F3O2/c1-3-5-7-12(4-2,10-17)8-6-9-18-11-13(14,15)16/h17H,3-11H2,1-2H3. The molecule has 0 bridgehead atoms. The third-order valence-corrected chi connectivity index (χ3v) is 3.41. The molecule has 1 unspecified atom stereocenters. The molecule has 1 atom stereocenters. The minimum absolute atomic E-state index is 0.1000. The summed E-state index contributed by atoms with van der Waals surface area (Å²) in [4.78, 5) is 0. The van der Waals surface area contributed by atoms with Gasteiger partial charge in [-0.3, -0.25) is 0 Å². The van der Waals surface area contributed by atoms with E-state index in [0.717, 1.165) is 32.1 Å². The second-order valence-electron chi connectivity index (χ2n) is 4.89. The molecule has 5 heteroatoms. The molecule has 0 heterocycles. The van der Waals surface area contributed by atoms with Gasteiger partial charge in [0, 0.05) is 13.2 Å². The number of unbranched alkanes of at least 4 members (excludes halogenated alkanes) is 1. The normalized spacial score (nSPS) is 15.7. The molecule has 0 aromatic heterocycles. The van der Waals surface area contributed by atoms with E-state index in [4.69, 9.17) is 0 Å². The molecule has 0 amide bonds. The van der Waals surface area contributed by atoms with Crippen LogP contribution in [-0.2, 0) is 4.74 Å². The Labute approximate surface area is 108 Å². The van der Waals surface area contributed by atoms with Crippen LogP contribution in [0.4, 0.5) is 13.2 Å². The molecule has 2 nitrogen and oxygen atoms in total. The third kappa shape index (κ3) is 7.93. The Morgan fingerprint density at radius 3 is 2.11 bits per heavy atom. The summed E-state index contributed by atoms with van der Waals surface area (Å²) in [5.74, 6) is 0. The molecule has 0 aromatic carbocycles. The van der Waals surface area contributed by atoms with E-state index in [0.29, 0.717) is 6.42 Å². The van der Waals surface area contributed by atoms with Crippen molar-refractivity contribution < 1.29 is 23.0 Å². The van der Waals surface area contributed by atoms with Crippen molar-refractivity contribution in [3.05, 3.63) is 0 Å². The zero-order valence-corrected chi connectivity index (χ0v) is 11.4. The summed E-state index contributed by atoms with van der Waals surface area (Å²) in [5, 5.41) is 9.47. The average molecular weight is 270 g/mol. The maximum Gasteiger partial charge on any atom is 0.411 e. The van der Waals surface area contributed by atoms with Gasteiger partial charge in [-0.25, -0.2) is 0 Å². The van der Waals surface area contributed by atoms with Gasteiger partial charge in [-0.15, -0.1) is 0 Å². The molecule has 0 saturated carbocycles. The zero-order valence-electron chi connectivity index (χ0n) is 11.4. The molecular formula is C13H25F3O2. The van der Waals surface area contributed by atoms with Gasteiger partial charge in [0.25, 0.3) is 0 Å². The monoisotopic (exact) mass is 270 g/mol. The van der Waals surface area contributed by atoms with Crippen molar-refractivity contribution >= 4 is 0 Å². The van der Waals surface area contributed by atoms with Gasteiger partial charge in [-0.2, -0.15) is 13.2 Å². The number of rotatable bonds is 10. The first-order valence-electron chi connectivity index (χ1n) is 6.64. The highest BCUT2D eigenvalue weighted by molar-refractivity contribution is 4.77. The van der Waals surface area contributed by atoms with E-state index in [1.807, 2.05) is 6.92 Å². The number of hydrogen-bond acceptors (Lipinski definition) is 2. The van der Waals surface area contributed by atoms with Crippen LogP contribution >= 0.6 is 0 Å². The van der Waals surface area contributed by atoms with Crippen molar-refractivity contribution in [3.63, 3.8) is 0 Å². The molecule has 0 spiro atoms. The van der Waals surface area contributed by atoms with E-state index in [1.165, 1.54) is 0 Å². The van der Waals surface area contributed by atoms with Crippen LogP contribution in [0.2, 0.25) is 0 Å². The first-order chi connectivity index (χ1) is 8.39. The largest absolute Gasteiger partial charge is 0.411 e. The van der Waals surface area contributed by atoms with E-state index in [9.17, 15) is 18.3 Å². The second kappa shape index (κ2) is 8.75. The Morgan fingerprint density at radius 1 is 1.06 bits per heavy atom. The summed E-state index contributed by atoms with van der Waals surface area (Å²) in [7, 11) is 0. The first-order valence-corrected chi connectivity index (χ1v) is 6.64. The van der Waals surface area contributed by atoms with E-state index in [2.05, 4.69) is 11.7 Å². The Morgan fingerprint density at radius 2 is 1.67 bits per heavy atom. The van der Waals surface area contributed by atoms with Crippen LogP contribution in [0.25, 0.3) is 0 Å². The van der Waals surface area contributed by atoms with Gasteiger partial charge in [0.2, 0.25) is 0 Å². The van der Waals surface area contributed by atoms with Crippen LogP contribution in [0.15, 0.2) is 0 Å². The van der Waals surface area contributed by atoms with Gasteiger partial charge in [-0.1, -0.05) is 26.7 Å². The van der Waals surface area contributed by atoms with Crippen LogP contribution in [0.5, 0.6) is 0 Å². The van der Waals surface area contributed by atoms with Gasteiger partial charge in [0.15, 0.2) is 0 Å². The number of hydrogen-bond donors (Lipinski definition) is 1. The first kappa shape index (κ1) is 17.7. The summed E-state index contributed by atoms with van der Waals surface area (Å²) in [6.45, 7) is 3.13. The number of halogens is 3. The molecule has 0 aliphatic carbocycles. The third-order valence-electron chi connectivity index (χ3n) is 3.41. The van der Waals surface area contributed by atoms with Crippen molar-refractivity contribution in [2.45, 2.75) is 58.5 Å². The van der Waals surface area contributed by atoms with Crippen molar-refractivity contribution in [1.82, 2.24) is 0 Å². The van der Waals surface area contributed by atoms with E-state index >= 15 is 0 Å². The predicted molar refractivity (Wildman–Crippen MR) is 65.4 cm³/mol. The fourth-order valence-corrected chi connectivity index (χ4v) is 2.04. The van der Waals surface area contributed by atoms with Crippen LogP contribution in [-0.4, -0.2) is 31.1 Å². The molecule has 0 radical (unpaired) electrons. The maximum absolute atomic E-state index is 11.9. The van der Waals surface area contributed by atoms with Crippen molar-refractivity contribution in [1.29, 1.82) is 0 Å². The highest BCUT2D eigenvalue weighted by Gasteiger charge is 2.28. The van der Waals surface area contributed by atoms with Crippen LogP contribution in [0, 0.1) is 5.41 Å². The number of ether oxygens (including phenoxy) is 1. The molecule has 0 saturated heterocycles. The molecule has 0 rings (SSSR count). The summed E-state index contributed by atoms with van der Waals surface area (Å²) in [6, 6.07) is 0. The highest BCUT2D eigenvalue weighted by atomic mass is 19.4. The van der Waals surface area contributed by atoms with Gasteiger partial charge < -0.3 is 9.84 Å². The van der Waals surface area contributed by atoms with E-state index in [1.54, 1.807) is 0 Å². The molecule has 0 aliphatic rings. The SMILES string of the molecule is CCCCC(CC)(CO)CCCOCC(F)(F)F. The van der Waals surface area contributed by atoms with E-state index < -0.39 is 12.8 Å². The quantitative estimate of drug-likeness (QED) is 0.610. The zero-order chi connectivity index (χ0) is 14.1. The van der Waals surface area contributed by atoms with Gasteiger partial charge in [0.05, 0.1) is 0 Å². The summed E-state index contributed by atoms with van der Waals surface area (Å²) >= 11 is 0. The second-order valence-corrected chi connectivity index (χ2v) is 4.89. The molecular weight excluding hydrogens is 245 g/mol. The lowest BCUT2D eigenvalue weighted by molar-refractivity contribution is -0.174. The van der Waals surface area contributed by atoms with E-state index in [-0.39, 0.29) is 18.6 Å². The number of aliphatic hydroxyl groups excluding tert-OH is 1. The number of alkyl halides is 3. The minimum Gasteiger partial charge on any atom is -0.396 e. The summed E-state index contributed by atoms with van der Waals surface area (Å²) < 4.78 is 40.1. The smallest absolute Gasteiger partial charge is 0.396 e. The Kier molecular flexibility index (Phi) is 8.61. The molecule has 18 heavy (non-hydrogen) atoms. The fourth-order valence-electron chi connectivity index (χ4n) is 2.04. The molecule has 0 aliphatic heterocycles. The minimum atomic E-state index is -4.25. The van der Waals surface area contributed by atoms with Crippen molar-refractivity contribution in [3.8, 4) is 0 Å². The maximum atomic E-state index is 11.9. The molecule has 0 fully saturated rings. The van der Waals surface area contributed by atoms with Gasteiger partial charge in [-0.05, 0) is 31.1 Å². The molecule has 1 N–H and O–H groups in total. The topological polar surface area (TPSA) is 29.5 Å². The highest BCUT2D eigenvalue weighted by Crippen LogP contribution is 2.33. The fraction of sp³-hybridized carbons (Fsp3) is 1.00. The average Bonchev–Trinajstić information content (AvgIpc) is 2.32. The Hall–Kier alpha value is -0.290. The van der Waals surface area contributed by atoms with Gasteiger partial charge in [0.1, 0.15) is 6.61 Å². The lowest BCUT2D eigenvalue weighted by atomic mass is 9.77. The lowest BCUT2D eigenvalue weighted by Gasteiger charge is -2.30. The Balaban J connectivity index is 3.90. The summed E-state index contributed by atoms with van der Waals surface area (Å²) in [6.07, 6.45) is 0.912. The van der Waals surface area contributed by atoms with Crippen molar-refractivity contribution in [2.24, 2.45) is 5.41 Å². The van der Waals surface area contributed by atoms with Crippen molar-refractivity contribution in [2.75, 3.05) is 19.8 Å². The molecule has 0 aromatic rings. The summed E-state index contributed by atoms with van der Waals surface area (Å²) in [5.41, 5.74) is -0.141. The predicted octanol–water partition coefficient (Wildman–Crippen LogP) is 3.92. The van der Waals surface area contributed by atoms with Gasteiger partial charge >= 0.3 is 6.18 Å². The Bertz CT molecular complexity index is 201. The molecule has 110 valence electrons.